The van der Waals surface area contributed by atoms with Crippen LogP contribution in [-0.2, 0) is 22.7 Å². The number of benzene rings is 1. The third-order valence-electron chi connectivity index (χ3n) is 5.54. The highest BCUT2D eigenvalue weighted by Crippen LogP contribution is 2.36. The predicted octanol–water partition coefficient (Wildman–Crippen LogP) is 3.68. The van der Waals surface area contributed by atoms with Crippen LogP contribution in [0.25, 0.3) is 22.3 Å². The van der Waals surface area contributed by atoms with E-state index in [1.165, 1.54) is 19.4 Å². The van der Waals surface area contributed by atoms with Gasteiger partial charge in [0.25, 0.3) is 0 Å². The second kappa shape index (κ2) is 9.34. The number of aryl methyl sites for hydroxylation is 1. The van der Waals surface area contributed by atoms with Crippen LogP contribution in [0.2, 0.25) is 0 Å². The van der Waals surface area contributed by atoms with E-state index < -0.39 is 11.9 Å². The summed E-state index contributed by atoms with van der Waals surface area (Å²) in [5.74, 6) is 1.36. The van der Waals surface area contributed by atoms with Crippen molar-refractivity contribution < 1.29 is 27.8 Å². The van der Waals surface area contributed by atoms with E-state index in [4.69, 9.17) is 9.47 Å². The molecule has 0 bridgehead atoms. The quantitative estimate of drug-likeness (QED) is 0.558. The lowest BCUT2D eigenvalue weighted by atomic mass is 10.0. The van der Waals surface area contributed by atoms with Crippen LogP contribution in [0.3, 0.4) is 0 Å². The molecule has 0 saturated heterocycles. The van der Waals surface area contributed by atoms with Crippen LogP contribution >= 0.6 is 0 Å². The van der Waals surface area contributed by atoms with Crippen molar-refractivity contribution in [2.24, 2.45) is 7.05 Å². The highest BCUT2D eigenvalue weighted by Gasteiger charge is 2.37. The molecule has 8 nitrogen and oxygen atoms in total. The monoisotopic (exact) mass is 475 g/mol. The fourth-order valence-electron chi connectivity index (χ4n) is 3.98. The third kappa shape index (κ3) is 4.69. The van der Waals surface area contributed by atoms with Crippen molar-refractivity contribution in [2.75, 3.05) is 32.3 Å². The van der Waals surface area contributed by atoms with Crippen LogP contribution in [0.5, 0.6) is 0 Å². The Labute approximate surface area is 193 Å². The number of allylic oxidation sites excluding steroid dienone is 1. The van der Waals surface area contributed by atoms with Gasteiger partial charge in [-0.15, -0.1) is 0 Å². The Morgan fingerprint density at radius 1 is 1.21 bits per heavy atom. The lowest BCUT2D eigenvalue weighted by Crippen LogP contribution is -2.38. The molecular weight excluding hydrogens is 451 g/mol. The van der Waals surface area contributed by atoms with E-state index in [1.807, 2.05) is 17.0 Å². The largest absolute Gasteiger partial charge is 0.501 e. The van der Waals surface area contributed by atoms with Gasteiger partial charge in [-0.3, -0.25) is 9.67 Å². The van der Waals surface area contributed by atoms with Crippen LogP contribution in [0.4, 0.5) is 18.9 Å². The van der Waals surface area contributed by atoms with Gasteiger partial charge in [0, 0.05) is 38.0 Å². The summed E-state index contributed by atoms with van der Waals surface area (Å²) in [7, 11) is 4.57. The minimum absolute atomic E-state index is 0.0719. The van der Waals surface area contributed by atoms with E-state index in [-0.39, 0.29) is 23.9 Å². The molecule has 0 aliphatic heterocycles. The van der Waals surface area contributed by atoms with Gasteiger partial charge in [-0.05, 0) is 24.3 Å². The molecule has 1 unspecified atom stereocenters. The fraction of sp³-hybridized carbons (Fsp3) is 0.348. The Hall–Kier alpha value is -3.60. The number of methoxy groups -OCH3 is 2. The number of hydrogen-bond acceptors (Lipinski definition) is 7. The maximum atomic E-state index is 13.5. The molecule has 34 heavy (non-hydrogen) atoms. The molecule has 2 aromatic heterocycles. The van der Waals surface area contributed by atoms with Crippen molar-refractivity contribution in [1.29, 1.82) is 0 Å². The zero-order chi connectivity index (χ0) is 24.5. The van der Waals surface area contributed by atoms with Crippen LogP contribution in [0, 0.1) is 0 Å². The molecule has 4 rings (SSSR count). The van der Waals surface area contributed by atoms with Crippen molar-refractivity contribution in [2.45, 2.75) is 18.6 Å². The molecule has 0 saturated carbocycles. The summed E-state index contributed by atoms with van der Waals surface area (Å²) in [6.07, 6.45) is 2.25. The lowest BCUT2D eigenvalue weighted by Gasteiger charge is -2.33. The van der Waals surface area contributed by atoms with E-state index in [2.05, 4.69) is 15.1 Å². The van der Waals surface area contributed by atoms with Crippen LogP contribution in [-0.4, -0.2) is 58.3 Å². The summed E-state index contributed by atoms with van der Waals surface area (Å²) in [4.78, 5) is 10.7. The summed E-state index contributed by atoms with van der Waals surface area (Å²) >= 11 is 0. The summed E-state index contributed by atoms with van der Waals surface area (Å²) in [5.41, 5.74) is 0.594. The first-order valence-corrected chi connectivity index (χ1v) is 10.5. The van der Waals surface area contributed by atoms with Crippen molar-refractivity contribution in [3.8, 4) is 11.3 Å². The second-order valence-electron chi connectivity index (χ2n) is 7.77. The number of hydrogen-bond donors (Lipinski definition) is 1. The van der Waals surface area contributed by atoms with Gasteiger partial charge in [0.15, 0.2) is 5.69 Å². The summed E-state index contributed by atoms with van der Waals surface area (Å²) in [6, 6.07) is 5.15. The SMILES string of the molecule is COC1=CC(N(CCO)c2ccc3ncc(-c4cn(C)nc4C(F)(F)F)nc3c2)CC(OC)=C1. The molecular formula is C23H24F3N5O3. The predicted molar refractivity (Wildman–Crippen MR) is 120 cm³/mol. The van der Waals surface area contributed by atoms with Crippen molar-refractivity contribution >= 4 is 16.7 Å². The number of aromatic nitrogens is 4. The number of halogens is 3. The smallest absolute Gasteiger partial charge is 0.435 e. The molecule has 11 heteroatoms. The standard InChI is InChI=1S/C23H24F3N5O3/c1-30-13-18(22(29-30)23(24,25)26)21-12-27-19-5-4-14(10-20(19)28-21)31(6-7-32)15-8-16(33-2)11-17(9-15)34-3/h4-5,8,10-13,15,32H,6-7,9H2,1-3H3. The first kappa shape index (κ1) is 23.6. The second-order valence-corrected chi connectivity index (χ2v) is 7.77. The highest BCUT2D eigenvalue weighted by atomic mass is 19.4. The Morgan fingerprint density at radius 3 is 2.68 bits per heavy atom. The minimum Gasteiger partial charge on any atom is -0.501 e. The first-order chi connectivity index (χ1) is 16.2. The normalized spacial score (nSPS) is 16.3. The van der Waals surface area contributed by atoms with E-state index >= 15 is 0 Å². The van der Waals surface area contributed by atoms with Gasteiger partial charge in [0.2, 0.25) is 0 Å². The number of nitrogens with zero attached hydrogens (tertiary/aromatic N) is 5. The number of fused-ring (bicyclic) bond motifs is 1. The topological polar surface area (TPSA) is 85.5 Å². The number of aliphatic hydroxyl groups is 1. The maximum absolute atomic E-state index is 13.5. The highest BCUT2D eigenvalue weighted by molar-refractivity contribution is 5.81. The van der Waals surface area contributed by atoms with Gasteiger partial charge in [-0.2, -0.15) is 18.3 Å². The van der Waals surface area contributed by atoms with Gasteiger partial charge in [-0.1, -0.05) is 0 Å². The molecule has 1 N–H and O–H groups in total. The van der Waals surface area contributed by atoms with Crippen molar-refractivity contribution in [3.05, 3.63) is 60.0 Å². The Kier molecular flexibility index (Phi) is 6.47. The number of ether oxygens (including phenoxy) is 2. The molecule has 3 aromatic rings. The fourth-order valence-corrected chi connectivity index (χ4v) is 3.98. The molecule has 180 valence electrons. The van der Waals surface area contributed by atoms with Gasteiger partial charge in [0.1, 0.15) is 11.5 Å². The first-order valence-electron chi connectivity index (χ1n) is 10.5. The van der Waals surface area contributed by atoms with E-state index in [1.54, 1.807) is 32.4 Å². The summed E-state index contributed by atoms with van der Waals surface area (Å²) in [5, 5.41) is 13.3. The zero-order valence-electron chi connectivity index (χ0n) is 18.9. The van der Waals surface area contributed by atoms with Crippen molar-refractivity contribution in [1.82, 2.24) is 19.7 Å². The molecule has 1 aromatic carbocycles. The minimum atomic E-state index is -4.62. The van der Waals surface area contributed by atoms with Gasteiger partial charge >= 0.3 is 6.18 Å². The average molecular weight is 475 g/mol. The van der Waals surface area contributed by atoms with Gasteiger partial charge in [0.05, 0.1) is 55.4 Å². The molecule has 2 heterocycles. The number of aliphatic hydroxyl groups excluding tert-OH is 1. The Balaban J connectivity index is 1.75. The van der Waals surface area contributed by atoms with E-state index in [0.717, 1.165) is 16.1 Å². The molecule has 0 amide bonds. The Morgan fingerprint density at radius 2 is 2.00 bits per heavy atom. The van der Waals surface area contributed by atoms with E-state index in [9.17, 15) is 18.3 Å². The summed E-state index contributed by atoms with van der Waals surface area (Å²) in [6.45, 7) is 0.210. The molecule has 0 spiro atoms. The molecule has 0 fully saturated rings. The molecule has 1 aliphatic carbocycles. The number of anilines is 1. The van der Waals surface area contributed by atoms with Gasteiger partial charge in [-0.25, -0.2) is 4.98 Å². The number of alkyl halides is 3. The number of rotatable bonds is 7. The summed E-state index contributed by atoms with van der Waals surface area (Å²) < 4.78 is 52.3. The van der Waals surface area contributed by atoms with Crippen molar-refractivity contribution in [3.63, 3.8) is 0 Å². The molecule has 0 radical (unpaired) electrons. The van der Waals surface area contributed by atoms with E-state index in [0.29, 0.717) is 29.8 Å². The van der Waals surface area contributed by atoms with Crippen LogP contribution < -0.4 is 4.90 Å². The maximum Gasteiger partial charge on any atom is 0.435 e. The van der Waals surface area contributed by atoms with Gasteiger partial charge < -0.3 is 19.5 Å². The Bertz CT molecular complexity index is 1250. The van der Waals surface area contributed by atoms with Crippen LogP contribution in [0.1, 0.15) is 12.1 Å². The molecule has 1 aliphatic rings. The average Bonchev–Trinajstić information content (AvgIpc) is 3.23. The lowest BCUT2D eigenvalue weighted by molar-refractivity contribution is -0.141. The molecule has 1 atom stereocenters. The zero-order valence-corrected chi connectivity index (χ0v) is 18.9. The van der Waals surface area contributed by atoms with Crippen LogP contribution in [0.15, 0.2) is 54.3 Å². The third-order valence-corrected chi connectivity index (χ3v) is 5.54.